The van der Waals surface area contributed by atoms with Crippen molar-refractivity contribution < 1.29 is 27.9 Å². The SMILES string of the molecule is CC(NC(=O)C1CC1C(=O)O)c1cccc(C(F)(F)F)c1. The zero-order valence-corrected chi connectivity index (χ0v) is 11.1. The minimum absolute atomic E-state index is 0.274. The number of nitrogens with one attached hydrogen (secondary N) is 1. The van der Waals surface area contributed by atoms with Crippen molar-refractivity contribution in [3.8, 4) is 0 Å². The number of rotatable bonds is 4. The zero-order chi connectivity index (χ0) is 15.8. The summed E-state index contributed by atoms with van der Waals surface area (Å²) in [5.74, 6) is -2.73. The number of benzene rings is 1. The molecule has 2 N–H and O–H groups in total. The van der Waals surface area contributed by atoms with Gasteiger partial charge in [0.05, 0.1) is 23.4 Å². The van der Waals surface area contributed by atoms with Crippen LogP contribution in [0.5, 0.6) is 0 Å². The molecule has 0 bridgehead atoms. The van der Waals surface area contributed by atoms with Gasteiger partial charge in [0.15, 0.2) is 0 Å². The average Bonchev–Trinajstić information content (AvgIpc) is 3.18. The van der Waals surface area contributed by atoms with Gasteiger partial charge in [0.25, 0.3) is 0 Å². The first-order valence-corrected chi connectivity index (χ1v) is 6.40. The molecule has 1 amide bonds. The molecule has 0 aromatic heterocycles. The predicted molar refractivity (Wildman–Crippen MR) is 67.2 cm³/mol. The summed E-state index contributed by atoms with van der Waals surface area (Å²) in [5, 5.41) is 11.3. The smallest absolute Gasteiger partial charge is 0.416 e. The molecule has 3 unspecified atom stereocenters. The third-order valence-electron chi connectivity index (χ3n) is 3.52. The predicted octanol–water partition coefficient (Wildman–Crippen LogP) is 2.60. The summed E-state index contributed by atoms with van der Waals surface area (Å²) in [5.41, 5.74) is -0.457. The summed E-state index contributed by atoms with van der Waals surface area (Å²) in [7, 11) is 0. The fraction of sp³-hybridized carbons (Fsp3) is 0.429. The molecule has 0 spiro atoms. The van der Waals surface area contributed by atoms with Crippen molar-refractivity contribution in [2.45, 2.75) is 25.6 Å². The Morgan fingerprint density at radius 3 is 2.52 bits per heavy atom. The van der Waals surface area contributed by atoms with Gasteiger partial charge >= 0.3 is 12.1 Å². The van der Waals surface area contributed by atoms with Gasteiger partial charge in [0.2, 0.25) is 5.91 Å². The number of hydrogen-bond acceptors (Lipinski definition) is 2. The number of alkyl halides is 3. The van der Waals surface area contributed by atoms with Crippen LogP contribution >= 0.6 is 0 Å². The molecule has 3 atom stereocenters. The van der Waals surface area contributed by atoms with E-state index in [1.54, 1.807) is 6.92 Å². The van der Waals surface area contributed by atoms with Crippen molar-refractivity contribution in [1.29, 1.82) is 0 Å². The molecule has 1 saturated carbocycles. The van der Waals surface area contributed by atoms with Crippen LogP contribution in [0.3, 0.4) is 0 Å². The maximum atomic E-state index is 12.6. The Kier molecular flexibility index (Phi) is 3.93. The van der Waals surface area contributed by atoms with Crippen LogP contribution in [0, 0.1) is 11.8 Å². The summed E-state index contributed by atoms with van der Waals surface area (Å²) in [6, 6.07) is 4.08. The first-order valence-electron chi connectivity index (χ1n) is 6.40. The molecule has 0 saturated heterocycles. The van der Waals surface area contributed by atoms with E-state index in [2.05, 4.69) is 5.32 Å². The van der Waals surface area contributed by atoms with Crippen molar-refractivity contribution in [3.05, 3.63) is 35.4 Å². The lowest BCUT2D eigenvalue weighted by Crippen LogP contribution is -2.29. The summed E-state index contributed by atoms with van der Waals surface area (Å²) >= 11 is 0. The standard InChI is InChI=1S/C14H14F3NO3/c1-7(18-12(19)10-6-11(10)13(20)21)8-3-2-4-9(5-8)14(15,16)17/h2-5,7,10-11H,6H2,1H3,(H,18,19)(H,20,21). The molecule has 4 nitrogen and oxygen atoms in total. The van der Waals surface area contributed by atoms with Crippen molar-refractivity contribution in [1.82, 2.24) is 5.32 Å². The van der Waals surface area contributed by atoms with Gasteiger partial charge < -0.3 is 10.4 Å². The van der Waals surface area contributed by atoms with Gasteiger partial charge in [-0.1, -0.05) is 12.1 Å². The van der Waals surface area contributed by atoms with E-state index in [0.29, 0.717) is 5.56 Å². The Morgan fingerprint density at radius 1 is 1.33 bits per heavy atom. The average molecular weight is 301 g/mol. The van der Waals surface area contributed by atoms with E-state index in [1.165, 1.54) is 12.1 Å². The number of carbonyl (C=O) groups is 2. The number of hydrogen-bond donors (Lipinski definition) is 2. The van der Waals surface area contributed by atoms with Crippen LogP contribution in [0.1, 0.15) is 30.5 Å². The molecule has 1 aromatic carbocycles. The molecule has 1 aliphatic carbocycles. The van der Waals surface area contributed by atoms with Crippen LogP contribution < -0.4 is 5.32 Å². The number of carboxylic acids is 1. The molecule has 7 heteroatoms. The second-order valence-electron chi connectivity index (χ2n) is 5.14. The van der Waals surface area contributed by atoms with Gasteiger partial charge in [-0.05, 0) is 31.0 Å². The summed E-state index contributed by atoms with van der Waals surface area (Å²) in [4.78, 5) is 22.5. The zero-order valence-electron chi connectivity index (χ0n) is 11.1. The molecular formula is C14H14F3NO3. The first kappa shape index (κ1) is 15.3. The van der Waals surface area contributed by atoms with Gasteiger partial charge in [0, 0.05) is 0 Å². The largest absolute Gasteiger partial charge is 0.481 e. The van der Waals surface area contributed by atoms with Crippen molar-refractivity contribution in [2.24, 2.45) is 11.8 Å². The van der Waals surface area contributed by atoms with Gasteiger partial charge in [-0.3, -0.25) is 9.59 Å². The van der Waals surface area contributed by atoms with Gasteiger partial charge in [-0.15, -0.1) is 0 Å². The van der Waals surface area contributed by atoms with Crippen LogP contribution in [-0.4, -0.2) is 17.0 Å². The Morgan fingerprint density at radius 2 is 2.00 bits per heavy atom. The van der Waals surface area contributed by atoms with Gasteiger partial charge in [0.1, 0.15) is 0 Å². The maximum Gasteiger partial charge on any atom is 0.416 e. The molecule has 0 aliphatic heterocycles. The lowest BCUT2D eigenvalue weighted by atomic mass is 10.0. The highest BCUT2D eigenvalue weighted by Crippen LogP contribution is 2.39. The molecule has 114 valence electrons. The van der Waals surface area contributed by atoms with Gasteiger partial charge in [-0.2, -0.15) is 13.2 Å². The Balaban J connectivity index is 2.02. The van der Waals surface area contributed by atoms with Crippen LogP contribution in [0.4, 0.5) is 13.2 Å². The number of carboxylic acid groups (broad SMARTS) is 1. The minimum Gasteiger partial charge on any atom is -0.481 e. The third kappa shape index (κ3) is 3.53. The van der Waals surface area contributed by atoms with E-state index in [-0.39, 0.29) is 6.42 Å². The Bertz CT molecular complexity index is 571. The van der Waals surface area contributed by atoms with E-state index in [4.69, 9.17) is 5.11 Å². The summed E-state index contributed by atoms with van der Waals surface area (Å²) < 4.78 is 37.9. The number of halogens is 3. The molecule has 2 rings (SSSR count). The van der Waals surface area contributed by atoms with Crippen LogP contribution in [0.2, 0.25) is 0 Å². The second-order valence-corrected chi connectivity index (χ2v) is 5.14. The van der Waals surface area contributed by atoms with Crippen LogP contribution in [-0.2, 0) is 15.8 Å². The summed E-state index contributed by atoms with van der Waals surface area (Å²) in [6.45, 7) is 1.56. The fourth-order valence-corrected chi connectivity index (χ4v) is 2.15. The van der Waals surface area contributed by atoms with E-state index in [1.807, 2.05) is 0 Å². The molecule has 1 aliphatic rings. The lowest BCUT2D eigenvalue weighted by molar-refractivity contribution is -0.140. The lowest BCUT2D eigenvalue weighted by Gasteiger charge is -2.16. The molecule has 1 fully saturated rings. The van der Waals surface area contributed by atoms with E-state index < -0.39 is 41.5 Å². The molecule has 0 radical (unpaired) electrons. The molecule has 0 heterocycles. The maximum absolute atomic E-state index is 12.6. The van der Waals surface area contributed by atoms with Crippen molar-refractivity contribution in [3.63, 3.8) is 0 Å². The highest BCUT2D eigenvalue weighted by atomic mass is 19.4. The summed E-state index contributed by atoms with van der Waals surface area (Å²) in [6.07, 6.45) is -4.17. The van der Waals surface area contributed by atoms with E-state index in [0.717, 1.165) is 12.1 Å². The van der Waals surface area contributed by atoms with E-state index in [9.17, 15) is 22.8 Å². The van der Waals surface area contributed by atoms with Gasteiger partial charge in [-0.25, -0.2) is 0 Å². The second kappa shape index (κ2) is 5.38. The van der Waals surface area contributed by atoms with Crippen LogP contribution in [0.15, 0.2) is 24.3 Å². The Labute approximate surface area is 119 Å². The monoisotopic (exact) mass is 301 g/mol. The fourth-order valence-electron chi connectivity index (χ4n) is 2.15. The van der Waals surface area contributed by atoms with Crippen molar-refractivity contribution >= 4 is 11.9 Å². The highest BCUT2D eigenvalue weighted by Gasteiger charge is 2.48. The molecule has 21 heavy (non-hydrogen) atoms. The van der Waals surface area contributed by atoms with Crippen LogP contribution in [0.25, 0.3) is 0 Å². The number of amides is 1. The quantitative estimate of drug-likeness (QED) is 0.898. The van der Waals surface area contributed by atoms with Crippen molar-refractivity contribution in [2.75, 3.05) is 0 Å². The molecular weight excluding hydrogens is 287 g/mol. The first-order chi connectivity index (χ1) is 9.70. The minimum atomic E-state index is -4.44. The topological polar surface area (TPSA) is 66.4 Å². The number of aliphatic carboxylic acids is 1. The highest BCUT2D eigenvalue weighted by molar-refractivity contribution is 5.89. The third-order valence-corrected chi connectivity index (χ3v) is 3.52. The number of carbonyl (C=O) groups excluding carboxylic acids is 1. The Hall–Kier alpha value is -2.05. The normalized spacial score (nSPS) is 22.5. The van der Waals surface area contributed by atoms with E-state index >= 15 is 0 Å². The molecule has 1 aromatic rings.